The first-order valence-electron chi connectivity index (χ1n) is 8.05. The van der Waals surface area contributed by atoms with Gasteiger partial charge in [0.05, 0.1) is 12.3 Å². The van der Waals surface area contributed by atoms with Gasteiger partial charge in [0.25, 0.3) is 0 Å². The van der Waals surface area contributed by atoms with E-state index >= 15 is 0 Å². The van der Waals surface area contributed by atoms with Crippen LogP contribution in [0.5, 0.6) is 0 Å². The summed E-state index contributed by atoms with van der Waals surface area (Å²) in [6.07, 6.45) is 1.00. The van der Waals surface area contributed by atoms with Crippen molar-refractivity contribution in [2.75, 3.05) is 19.7 Å². The lowest BCUT2D eigenvalue weighted by Gasteiger charge is -2.21. The molecule has 1 aromatic carbocycles. The molecule has 2 aromatic rings. The molecule has 2 rings (SSSR count). The average molecular weight is 301 g/mol. The first-order chi connectivity index (χ1) is 10.7. The zero-order valence-electron chi connectivity index (χ0n) is 13.9. The van der Waals surface area contributed by atoms with Crippen LogP contribution in [0.2, 0.25) is 0 Å². The Morgan fingerprint density at radius 1 is 1.14 bits per heavy atom. The Bertz CT molecular complexity index is 578. The molecule has 0 atom stereocenters. The van der Waals surface area contributed by atoms with Gasteiger partial charge in [-0.2, -0.15) is 5.10 Å². The summed E-state index contributed by atoms with van der Waals surface area (Å²) < 4.78 is 2.05. The molecule has 0 aliphatic heterocycles. The van der Waals surface area contributed by atoms with Crippen LogP contribution in [-0.2, 0) is 19.5 Å². The molecule has 0 aliphatic rings. The predicted octanol–water partition coefficient (Wildman–Crippen LogP) is 2.56. The van der Waals surface area contributed by atoms with Gasteiger partial charge in [0.2, 0.25) is 0 Å². The molecular formula is C18H27N3O. The second-order valence-electron chi connectivity index (χ2n) is 5.70. The summed E-state index contributed by atoms with van der Waals surface area (Å²) >= 11 is 0. The van der Waals surface area contributed by atoms with E-state index in [2.05, 4.69) is 59.7 Å². The Labute approximate surface area is 133 Å². The van der Waals surface area contributed by atoms with Crippen LogP contribution in [0.25, 0.3) is 0 Å². The van der Waals surface area contributed by atoms with E-state index in [9.17, 15) is 5.11 Å². The summed E-state index contributed by atoms with van der Waals surface area (Å²) in [6, 6.07) is 10.5. The third kappa shape index (κ3) is 4.18. The largest absolute Gasteiger partial charge is 0.395 e. The van der Waals surface area contributed by atoms with Crippen LogP contribution >= 0.6 is 0 Å². The Balaban J connectivity index is 2.04. The summed E-state index contributed by atoms with van der Waals surface area (Å²) in [5.41, 5.74) is 4.97. The quantitative estimate of drug-likeness (QED) is 0.815. The first-order valence-corrected chi connectivity index (χ1v) is 8.05. The molecule has 0 amide bonds. The standard InChI is InChI=1S/C18H27N3O/c1-4-21-16(3)18(15(2)19-21)14-20(12-13-22)11-10-17-8-6-5-7-9-17/h5-9,22H,4,10-14H2,1-3H3. The third-order valence-corrected chi connectivity index (χ3v) is 4.19. The Morgan fingerprint density at radius 2 is 1.86 bits per heavy atom. The lowest BCUT2D eigenvalue weighted by molar-refractivity contribution is 0.191. The molecule has 0 radical (unpaired) electrons. The summed E-state index contributed by atoms with van der Waals surface area (Å²) in [6.45, 7) is 9.90. The molecule has 0 spiro atoms. The van der Waals surface area contributed by atoms with Gasteiger partial charge in [-0.15, -0.1) is 0 Å². The minimum Gasteiger partial charge on any atom is -0.395 e. The van der Waals surface area contributed by atoms with Crippen molar-refractivity contribution in [2.45, 2.75) is 40.3 Å². The third-order valence-electron chi connectivity index (χ3n) is 4.19. The van der Waals surface area contributed by atoms with Gasteiger partial charge in [0, 0.05) is 37.4 Å². The van der Waals surface area contributed by atoms with Gasteiger partial charge in [0.15, 0.2) is 0 Å². The maximum atomic E-state index is 9.34. The predicted molar refractivity (Wildman–Crippen MR) is 89.9 cm³/mol. The minimum absolute atomic E-state index is 0.189. The van der Waals surface area contributed by atoms with Crippen LogP contribution < -0.4 is 0 Å². The molecule has 1 N–H and O–H groups in total. The van der Waals surface area contributed by atoms with Crippen molar-refractivity contribution >= 4 is 0 Å². The van der Waals surface area contributed by atoms with Crippen LogP contribution in [0.15, 0.2) is 30.3 Å². The zero-order chi connectivity index (χ0) is 15.9. The van der Waals surface area contributed by atoms with Crippen LogP contribution in [0.1, 0.15) is 29.4 Å². The SMILES string of the molecule is CCn1nc(C)c(CN(CCO)CCc2ccccc2)c1C. The van der Waals surface area contributed by atoms with E-state index in [-0.39, 0.29) is 6.61 Å². The summed E-state index contributed by atoms with van der Waals surface area (Å²) in [5.74, 6) is 0. The zero-order valence-corrected chi connectivity index (χ0v) is 13.9. The minimum atomic E-state index is 0.189. The van der Waals surface area contributed by atoms with Crippen LogP contribution in [0.3, 0.4) is 0 Å². The van der Waals surface area contributed by atoms with Crippen molar-refractivity contribution in [3.63, 3.8) is 0 Å². The molecule has 22 heavy (non-hydrogen) atoms. The second kappa shape index (κ2) is 8.11. The molecule has 0 fully saturated rings. The molecule has 0 bridgehead atoms. The molecule has 0 unspecified atom stereocenters. The smallest absolute Gasteiger partial charge is 0.0641 e. The van der Waals surface area contributed by atoms with E-state index < -0.39 is 0 Å². The Morgan fingerprint density at radius 3 is 2.45 bits per heavy atom. The monoisotopic (exact) mass is 301 g/mol. The van der Waals surface area contributed by atoms with Gasteiger partial charge in [-0.05, 0) is 32.8 Å². The van der Waals surface area contributed by atoms with E-state index in [4.69, 9.17) is 0 Å². The number of aromatic nitrogens is 2. The first kappa shape index (κ1) is 16.7. The van der Waals surface area contributed by atoms with Crippen molar-refractivity contribution < 1.29 is 5.11 Å². The lowest BCUT2D eigenvalue weighted by atomic mass is 10.1. The molecule has 120 valence electrons. The van der Waals surface area contributed by atoms with Crippen molar-refractivity contribution in [3.05, 3.63) is 52.8 Å². The van der Waals surface area contributed by atoms with Gasteiger partial charge in [-0.3, -0.25) is 9.58 Å². The van der Waals surface area contributed by atoms with Crippen LogP contribution in [-0.4, -0.2) is 39.5 Å². The fourth-order valence-electron chi connectivity index (χ4n) is 2.84. The highest BCUT2D eigenvalue weighted by Gasteiger charge is 2.14. The van der Waals surface area contributed by atoms with E-state index in [1.54, 1.807) is 0 Å². The van der Waals surface area contributed by atoms with Crippen molar-refractivity contribution in [2.24, 2.45) is 0 Å². The number of aliphatic hydroxyl groups excluding tert-OH is 1. The van der Waals surface area contributed by atoms with Crippen molar-refractivity contribution in [3.8, 4) is 0 Å². The van der Waals surface area contributed by atoms with Gasteiger partial charge in [-0.1, -0.05) is 30.3 Å². The number of benzene rings is 1. The van der Waals surface area contributed by atoms with E-state index in [0.717, 1.165) is 31.7 Å². The molecule has 0 saturated heterocycles. The molecule has 4 nitrogen and oxygen atoms in total. The van der Waals surface area contributed by atoms with Crippen LogP contribution in [0.4, 0.5) is 0 Å². The molecule has 4 heteroatoms. The molecule has 0 saturated carbocycles. The molecular weight excluding hydrogens is 274 g/mol. The maximum Gasteiger partial charge on any atom is 0.0641 e. The van der Waals surface area contributed by atoms with Gasteiger partial charge >= 0.3 is 0 Å². The summed E-state index contributed by atoms with van der Waals surface area (Å²) in [5, 5.41) is 13.9. The topological polar surface area (TPSA) is 41.3 Å². The maximum absolute atomic E-state index is 9.34. The Hall–Kier alpha value is -1.65. The number of hydrogen-bond acceptors (Lipinski definition) is 3. The number of nitrogens with zero attached hydrogens (tertiary/aromatic N) is 3. The fraction of sp³-hybridized carbons (Fsp3) is 0.500. The molecule has 0 aliphatic carbocycles. The van der Waals surface area contributed by atoms with Gasteiger partial charge in [-0.25, -0.2) is 0 Å². The number of rotatable bonds is 8. The van der Waals surface area contributed by atoms with E-state index in [1.807, 2.05) is 6.07 Å². The van der Waals surface area contributed by atoms with Gasteiger partial charge < -0.3 is 5.11 Å². The fourth-order valence-corrected chi connectivity index (χ4v) is 2.84. The van der Waals surface area contributed by atoms with E-state index in [1.165, 1.54) is 16.8 Å². The highest BCUT2D eigenvalue weighted by molar-refractivity contribution is 5.24. The Kier molecular flexibility index (Phi) is 6.16. The average Bonchev–Trinajstić information content (AvgIpc) is 2.81. The molecule has 1 heterocycles. The summed E-state index contributed by atoms with van der Waals surface area (Å²) in [7, 11) is 0. The van der Waals surface area contributed by atoms with Gasteiger partial charge in [0.1, 0.15) is 0 Å². The van der Waals surface area contributed by atoms with Crippen molar-refractivity contribution in [1.82, 2.24) is 14.7 Å². The number of aliphatic hydroxyl groups is 1. The lowest BCUT2D eigenvalue weighted by Crippen LogP contribution is -2.29. The normalized spacial score (nSPS) is 11.3. The van der Waals surface area contributed by atoms with Crippen LogP contribution in [0, 0.1) is 13.8 Å². The second-order valence-corrected chi connectivity index (χ2v) is 5.70. The summed E-state index contributed by atoms with van der Waals surface area (Å²) in [4.78, 5) is 2.31. The highest BCUT2D eigenvalue weighted by Crippen LogP contribution is 2.16. The highest BCUT2D eigenvalue weighted by atomic mass is 16.3. The number of aryl methyl sites for hydroxylation is 2. The van der Waals surface area contributed by atoms with E-state index in [0.29, 0.717) is 6.54 Å². The number of hydrogen-bond donors (Lipinski definition) is 1. The van der Waals surface area contributed by atoms with Crippen molar-refractivity contribution in [1.29, 1.82) is 0 Å². The molecule has 1 aromatic heterocycles.